The first-order valence-electron chi connectivity index (χ1n) is 17.8. The first-order chi connectivity index (χ1) is 23.3. The summed E-state index contributed by atoms with van der Waals surface area (Å²) in [5.41, 5.74) is 9.23. The van der Waals surface area contributed by atoms with Crippen molar-refractivity contribution >= 4 is 39.0 Å². The lowest BCUT2D eigenvalue weighted by atomic mass is 9.70. The Morgan fingerprint density at radius 2 is 1.40 bits per heavy atom. The molecular formula is C38H42ClN3O5S. The smallest absolute Gasteiger partial charge is 0.305 e. The Hall–Kier alpha value is -3.27. The second kappa shape index (κ2) is 11.4. The van der Waals surface area contributed by atoms with Crippen molar-refractivity contribution in [1.29, 1.82) is 0 Å². The van der Waals surface area contributed by atoms with E-state index < -0.39 is 15.6 Å². The van der Waals surface area contributed by atoms with Gasteiger partial charge in [0.05, 0.1) is 12.0 Å². The summed E-state index contributed by atoms with van der Waals surface area (Å²) in [6, 6.07) is 10.1. The number of carbonyl (C=O) groups is 1. The van der Waals surface area contributed by atoms with Gasteiger partial charge in [0.1, 0.15) is 17.0 Å². The first-order valence-corrected chi connectivity index (χ1v) is 19.6. The van der Waals surface area contributed by atoms with Crippen LogP contribution in [0.25, 0.3) is 0 Å². The van der Waals surface area contributed by atoms with Gasteiger partial charge in [0.15, 0.2) is 0 Å². The number of unbranched alkanes of at least 4 members (excludes halogenated alkanes) is 2. The van der Waals surface area contributed by atoms with Crippen molar-refractivity contribution in [2.24, 2.45) is 0 Å². The van der Waals surface area contributed by atoms with E-state index in [9.17, 15) is 13.2 Å². The van der Waals surface area contributed by atoms with Gasteiger partial charge in [0.2, 0.25) is 10.0 Å². The Kier molecular flexibility index (Phi) is 7.30. The number of sulfonamides is 1. The van der Waals surface area contributed by atoms with E-state index in [1.54, 1.807) is 10.4 Å². The van der Waals surface area contributed by atoms with Gasteiger partial charge < -0.3 is 19.3 Å². The molecule has 9 rings (SSSR count). The molecule has 3 aromatic carbocycles. The maximum absolute atomic E-state index is 15.0. The molecule has 10 heteroatoms. The Bertz CT molecular complexity index is 1890. The number of benzene rings is 3. The van der Waals surface area contributed by atoms with Crippen LogP contribution in [0.5, 0.6) is 11.5 Å². The molecule has 0 unspecified atom stereocenters. The minimum Gasteiger partial charge on any atom is -0.469 e. The van der Waals surface area contributed by atoms with Crippen LogP contribution in [0.2, 0.25) is 5.02 Å². The summed E-state index contributed by atoms with van der Waals surface area (Å²) in [6.07, 6.45) is 10.3. The molecule has 0 atom stereocenters. The van der Waals surface area contributed by atoms with Crippen LogP contribution < -0.4 is 14.5 Å². The van der Waals surface area contributed by atoms with Crippen LogP contribution in [0, 0.1) is 0 Å². The second-order valence-electron chi connectivity index (χ2n) is 14.3. The van der Waals surface area contributed by atoms with Crippen LogP contribution in [-0.2, 0) is 50.8 Å². The number of hydrogen-bond donors (Lipinski definition) is 0. The topological polar surface area (TPSA) is 79.4 Å². The molecule has 252 valence electrons. The Balaban J connectivity index is 1.33. The van der Waals surface area contributed by atoms with Gasteiger partial charge in [-0.15, -0.1) is 0 Å². The number of halogens is 1. The van der Waals surface area contributed by atoms with E-state index in [2.05, 4.69) is 21.9 Å². The zero-order chi connectivity index (χ0) is 32.8. The number of esters is 1. The second-order valence-corrected chi connectivity index (χ2v) is 16.6. The fourth-order valence-corrected chi connectivity index (χ4v) is 12.0. The van der Waals surface area contributed by atoms with Crippen LogP contribution >= 0.6 is 11.6 Å². The number of carbonyl (C=O) groups excluding carboxylic acids is 1. The highest BCUT2D eigenvalue weighted by atomic mass is 35.5. The van der Waals surface area contributed by atoms with E-state index in [4.69, 9.17) is 21.1 Å². The first kappa shape index (κ1) is 30.8. The molecule has 3 aromatic rings. The lowest BCUT2D eigenvalue weighted by Crippen LogP contribution is -2.49. The molecule has 48 heavy (non-hydrogen) atoms. The van der Waals surface area contributed by atoms with Gasteiger partial charge in [-0.05, 0) is 99.6 Å². The quantitative estimate of drug-likeness (QED) is 0.207. The average Bonchev–Trinajstić information content (AvgIpc) is 3.28. The molecule has 1 spiro atoms. The van der Waals surface area contributed by atoms with Crippen LogP contribution in [0.1, 0.15) is 90.3 Å². The zero-order valence-corrected chi connectivity index (χ0v) is 29.1. The molecule has 0 fully saturated rings. The maximum Gasteiger partial charge on any atom is 0.305 e. The molecule has 0 aliphatic carbocycles. The van der Waals surface area contributed by atoms with Crippen LogP contribution in [0.15, 0.2) is 35.2 Å². The number of methoxy groups -OCH3 is 1. The van der Waals surface area contributed by atoms with Crippen molar-refractivity contribution in [3.8, 4) is 11.5 Å². The van der Waals surface area contributed by atoms with Crippen LogP contribution in [0.3, 0.4) is 0 Å². The summed E-state index contributed by atoms with van der Waals surface area (Å²) in [5, 5.41) is 0.410. The van der Waals surface area contributed by atoms with Crippen molar-refractivity contribution in [3.63, 3.8) is 0 Å². The van der Waals surface area contributed by atoms with E-state index in [0.717, 1.165) is 106 Å². The highest BCUT2D eigenvalue weighted by Crippen LogP contribution is 2.64. The van der Waals surface area contributed by atoms with Crippen molar-refractivity contribution in [3.05, 3.63) is 74.3 Å². The molecule has 0 aromatic heterocycles. The van der Waals surface area contributed by atoms with E-state index in [1.807, 2.05) is 12.1 Å². The number of nitrogens with zero attached hydrogens (tertiary/aromatic N) is 3. The fourth-order valence-electron chi connectivity index (χ4n) is 9.77. The summed E-state index contributed by atoms with van der Waals surface area (Å²) < 4.78 is 43.9. The van der Waals surface area contributed by atoms with Gasteiger partial charge >= 0.3 is 5.97 Å². The molecule has 6 aliphatic heterocycles. The number of ether oxygens (including phenoxy) is 2. The highest BCUT2D eigenvalue weighted by Gasteiger charge is 2.61. The number of fused-ring (bicyclic) bond motifs is 8. The van der Waals surface area contributed by atoms with Crippen molar-refractivity contribution in [2.45, 2.75) is 87.5 Å². The predicted molar refractivity (Wildman–Crippen MR) is 186 cm³/mol. The van der Waals surface area contributed by atoms with E-state index >= 15 is 0 Å². The number of hydrogen-bond acceptors (Lipinski definition) is 7. The molecule has 0 radical (unpaired) electrons. The van der Waals surface area contributed by atoms with Crippen LogP contribution in [-0.4, -0.2) is 58.5 Å². The third-order valence-corrected chi connectivity index (χ3v) is 13.8. The molecule has 6 aliphatic rings. The van der Waals surface area contributed by atoms with Crippen molar-refractivity contribution < 1.29 is 22.7 Å². The highest BCUT2D eigenvalue weighted by molar-refractivity contribution is 7.89. The minimum absolute atomic E-state index is 0.241. The fraction of sp³-hybridized carbons (Fsp3) is 0.500. The van der Waals surface area contributed by atoms with E-state index in [-0.39, 0.29) is 10.9 Å². The lowest BCUT2D eigenvalue weighted by Gasteiger charge is -2.48. The monoisotopic (exact) mass is 687 g/mol. The number of aryl methyl sites for hydroxylation is 2. The number of rotatable bonds is 6. The standard InChI is InChI=1S/C38H42ClN3O5S/c1-46-33(43)13-3-2-4-20-42-38(29-15-14-26(39)23-32(29)48(42,44)45)30-21-24-9-5-16-40-18-7-11-27(34(24)40)36(30)47-37-28-12-8-19-41-17-6-10-25(35(28)41)22-31(37)38/h14-15,21-23H,2-13,16-20H2,1H3. The Labute approximate surface area is 288 Å². The molecule has 0 bridgehead atoms. The molecular weight excluding hydrogens is 646 g/mol. The Morgan fingerprint density at radius 1 is 0.812 bits per heavy atom. The van der Waals surface area contributed by atoms with E-state index in [1.165, 1.54) is 40.7 Å². The van der Waals surface area contributed by atoms with Gasteiger partial charge in [-0.1, -0.05) is 24.1 Å². The number of anilines is 2. The molecule has 0 amide bonds. The summed E-state index contributed by atoms with van der Waals surface area (Å²) in [7, 11) is -2.56. The van der Waals surface area contributed by atoms with Crippen molar-refractivity contribution in [1.82, 2.24) is 4.31 Å². The molecule has 0 N–H and O–H groups in total. The van der Waals surface area contributed by atoms with Gasteiger partial charge in [-0.25, -0.2) is 8.42 Å². The van der Waals surface area contributed by atoms with Gasteiger partial charge in [0.25, 0.3) is 0 Å². The van der Waals surface area contributed by atoms with Crippen molar-refractivity contribution in [2.75, 3.05) is 49.6 Å². The predicted octanol–water partition coefficient (Wildman–Crippen LogP) is 6.87. The molecule has 0 saturated carbocycles. The average molecular weight is 688 g/mol. The summed E-state index contributed by atoms with van der Waals surface area (Å²) >= 11 is 6.59. The lowest BCUT2D eigenvalue weighted by molar-refractivity contribution is -0.140. The molecule has 0 saturated heterocycles. The SMILES string of the molecule is COC(=O)CCCCCN1C2(c3ccc(Cl)cc3S1(=O)=O)c1cc3c4c(c1Oc1c2cc2c5c1CCCN5CCC2)CCCN4CCC3. The zero-order valence-electron chi connectivity index (χ0n) is 27.6. The third kappa shape index (κ3) is 4.29. The van der Waals surface area contributed by atoms with E-state index in [0.29, 0.717) is 37.3 Å². The minimum atomic E-state index is -3.96. The molecule has 8 nitrogen and oxygen atoms in total. The third-order valence-electron chi connectivity index (χ3n) is 11.7. The maximum atomic E-state index is 15.0. The van der Waals surface area contributed by atoms with Crippen LogP contribution in [0.4, 0.5) is 11.4 Å². The normalized spacial score (nSPS) is 20.7. The summed E-state index contributed by atoms with van der Waals surface area (Å²) in [6.45, 7) is 4.48. The van der Waals surface area contributed by atoms with Gasteiger partial charge in [-0.2, -0.15) is 4.31 Å². The molecule has 6 heterocycles. The van der Waals surface area contributed by atoms with Gasteiger partial charge in [0, 0.05) is 83.4 Å². The Morgan fingerprint density at radius 3 is 1.98 bits per heavy atom. The largest absolute Gasteiger partial charge is 0.469 e. The summed E-state index contributed by atoms with van der Waals surface area (Å²) in [5.74, 6) is 1.46. The van der Waals surface area contributed by atoms with Gasteiger partial charge in [-0.3, -0.25) is 4.79 Å². The summed E-state index contributed by atoms with van der Waals surface area (Å²) in [4.78, 5) is 17.2.